The molecule has 228 valence electrons. The highest BCUT2D eigenvalue weighted by Crippen LogP contribution is 2.12. The van der Waals surface area contributed by atoms with Gasteiger partial charge in [0.25, 0.3) is 0 Å². The highest BCUT2D eigenvalue weighted by molar-refractivity contribution is 7.98. The van der Waals surface area contributed by atoms with Gasteiger partial charge in [0.05, 0.1) is 19.6 Å². The molecule has 0 fully saturated rings. The summed E-state index contributed by atoms with van der Waals surface area (Å²) in [5.41, 5.74) is 11.1. The maximum atomic E-state index is 13.1. The maximum absolute atomic E-state index is 13.1. The smallest absolute Gasteiger partial charge is 0.326 e. The van der Waals surface area contributed by atoms with E-state index in [2.05, 4.69) is 21.3 Å². The molecule has 12 N–H and O–H groups in total. The van der Waals surface area contributed by atoms with E-state index >= 15 is 0 Å². The van der Waals surface area contributed by atoms with Crippen molar-refractivity contribution in [2.45, 2.75) is 49.5 Å². The molecule has 17 heteroatoms. The van der Waals surface area contributed by atoms with Gasteiger partial charge in [-0.05, 0) is 36.1 Å². The number of phenolic OH excluding ortho intramolecular Hbond substituents is 1. The van der Waals surface area contributed by atoms with Crippen LogP contribution in [0.4, 0.5) is 0 Å². The molecule has 0 aliphatic heterocycles. The molecule has 0 bridgehead atoms. The van der Waals surface area contributed by atoms with Gasteiger partial charge in [-0.1, -0.05) is 12.1 Å². The van der Waals surface area contributed by atoms with Gasteiger partial charge < -0.3 is 53.2 Å². The summed E-state index contributed by atoms with van der Waals surface area (Å²) in [7, 11) is 0. The Labute approximate surface area is 239 Å². The van der Waals surface area contributed by atoms with Crippen LogP contribution in [0.15, 0.2) is 24.3 Å². The summed E-state index contributed by atoms with van der Waals surface area (Å²) in [6.45, 7) is -1.62. The fraction of sp³-hybridized carbons (Fsp3) is 0.500. The topological polar surface area (TPSA) is 284 Å². The largest absolute Gasteiger partial charge is 0.508 e. The van der Waals surface area contributed by atoms with Crippen molar-refractivity contribution in [2.75, 3.05) is 25.2 Å². The SMILES string of the molecule is CSCC[C@H](NC(=O)[C@H](CO)NC(=O)[C@H](Cc1ccc(O)cc1)NC(=O)[C@@H](N)CO)C(=O)N[C@@H](CC(N)=O)C(=O)O. The van der Waals surface area contributed by atoms with Crippen LogP contribution < -0.4 is 32.7 Å². The number of hydrogen-bond donors (Lipinski definition) is 10. The second-order valence-electron chi connectivity index (χ2n) is 8.88. The number of carboxylic acids is 1. The lowest BCUT2D eigenvalue weighted by Gasteiger charge is -2.25. The van der Waals surface area contributed by atoms with Crippen LogP contribution in [0.3, 0.4) is 0 Å². The minimum absolute atomic E-state index is 0.0341. The number of thioether (sulfide) groups is 1. The minimum Gasteiger partial charge on any atom is -0.508 e. The summed E-state index contributed by atoms with van der Waals surface area (Å²) >= 11 is 1.33. The standard InChI is InChI=1S/C24H36N6O10S/c1-41-7-6-15(21(36)29-17(24(39)40)9-19(26)34)27-23(38)18(11-32)30-22(37)16(28-20(35)14(25)10-31)8-12-2-4-13(33)5-3-12/h2-5,14-18,31-33H,6-11,25H2,1H3,(H2,26,34)(H,27,38)(H,28,35)(H,29,36)(H,30,37)(H,39,40)/t14-,15-,16-,17-,18-/m0/s1. The van der Waals surface area contributed by atoms with Crippen molar-refractivity contribution >= 4 is 47.3 Å². The molecule has 0 aliphatic carbocycles. The monoisotopic (exact) mass is 600 g/mol. The number of benzene rings is 1. The fourth-order valence-corrected chi connectivity index (χ4v) is 3.83. The molecule has 0 aromatic heterocycles. The predicted molar refractivity (Wildman–Crippen MR) is 146 cm³/mol. The van der Waals surface area contributed by atoms with Crippen LogP contribution in [0, 0.1) is 0 Å². The van der Waals surface area contributed by atoms with Gasteiger partial charge >= 0.3 is 5.97 Å². The Kier molecular flexibility index (Phi) is 15.1. The lowest BCUT2D eigenvalue weighted by Crippen LogP contribution is -2.60. The second-order valence-corrected chi connectivity index (χ2v) is 9.86. The maximum Gasteiger partial charge on any atom is 0.326 e. The van der Waals surface area contributed by atoms with E-state index in [0.29, 0.717) is 11.3 Å². The van der Waals surface area contributed by atoms with Crippen molar-refractivity contribution in [1.29, 1.82) is 0 Å². The van der Waals surface area contributed by atoms with Crippen LogP contribution in [0.5, 0.6) is 5.75 Å². The molecule has 0 spiro atoms. The van der Waals surface area contributed by atoms with E-state index in [1.807, 2.05) is 0 Å². The Bertz CT molecular complexity index is 1070. The normalized spacial score (nSPS) is 14.4. The van der Waals surface area contributed by atoms with Crippen LogP contribution in [0.1, 0.15) is 18.4 Å². The van der Waals surface area contributed by atoms with Gasteiger partial charge in [0.2, 0.25) is 29.5 Å². The van der Waals surface area contributed by atoms with E-state index in [-0.39, 0.29) is 18.6 Å². The number of nitrogens with one attached hydrogen (secondary N) is 4. The molecule has 5 amide bonds. The van der Waals surface area contributed by atoms with Gasteiger partial charge in [0.1, 0.15) is 36.0 Å². The van der Waals surface area contributed by atoms with Gasteiger partial charge in [-0.3, -0.25) is 24.0 Å². The first-order valence-electron chi connectivity index (χ1n) is 12.3. The molecule has 1 rings (SSSR count). The molecule has 0 aliphatic rings. The zero-order valence-corrected chi connectivity index (χ0v) is 23.1. The lowest BCUT2D eigenvalue weighted by atomic mass is 10.0. The molecule has 0 radical (unpaired) electrons. The highest BCUT2D eigenvalue weighted by Gasteiger charge is 2.32. The number of primary amides is 1. The zero-order chi connectivity index (χ0) is 31.1. The number of carbonyl (C=O) groups excluding carboxylic acids is 5. The summed E-state index contributed by atoms with van der Waals surface area (Å²) in [4.78, 5) is 73.6. The molecule has 0 saturated heterocycles. The summed E-state index contributed by atoms with van der Waals surface area (Å²) in [5, 5.41) is 46.9. The third-order valence-corrected chi connectivity index (χ3v) is 6.27. The molecule has 1 aromatic rings. The van der Waals surface area contributed by atoms with Gasteiger partial charge in [-0.25, -0.2) is 4.79 Å². The third-order valence-electron chi connectivity index (χ3n) is 5.62. The van der Waals surface area contributed by atoms with E-state index < -0.39 is 85.3 Å². The molecule has 0 heterocycles. The van der Waals surface area contributed by atoms with Crippen LogP contribution in [0.25, 0.3) is 0 Å². The number of carboxylic acid groups (broad SMARTS) is 1. The number of aliphatic hydroxyl groups is 2. The van der Waals surface area contributed by atoms with Gasteiger partial charge in [-0.15, -0.1) is 0 Å². The summed E-state index contributed by atoms with van der Waals surface area (Å²) < 4.78 is 0. The number of hydrogen-bond acceptors (Lipinski definition) is 11. The van der Waals surface area contributed by atoms with Crippen molar-refractivity contribution in [3.05, 3.63) is 29.8 Å². The van der Waals surface area contributed by atoms with Gasteiger partial charge in [0.15, 0.2) is 0 Å². The quantitative estimate of drug-likeness (QED) is 0.0769. The predicted octanol–water partition coefficient (Wildman–Crippen LogP) is -4.10. The Morgan fingerprint density at radius 2 is 1.32 bits per heavy atom. The first-order chi connectivity index (χ1) is 19.3. The average molecular weight is 601 g/mol. The highest BCUT2D eigenvalue weighted by atomic mass is 32.2. The molecule has 5 atom stereocenters. The Morgan fingerprint density at radius 1 is 0.805 bits per heavy atom. The van der Waals surface area contributed by atoms with Crippen LogP contribution >= 0.6 is 11.8 Å². The molecule has 0 unspecified atom stereocenters. The molecule has 41 heavy (non-hydrogen) atoms. The summed E-state index contributed by atoms with van der Waals surface area (Å²) in [6.07, 6.45) is 0.955. The molecular weight excluding hydrogens is 564 g/mol. The van der Waals surface area contributed by atoms with Crippen LogP contribution in [-0.4, -0.2) is 111 Å². The van der Waals surface area contributed by atoms with Crippen molar-refractivity contribution < 1.29 is 49.2 Å². The number of amides is 5. The molecule has 0 saturated carbocycles. The van der Waals surface area contributed by atoms with E-state index in [9.17, 15) is 44.1 Å². The summed E-state index contributed by atoms with van der Waals surface area (Å²) in [5.74, 6) is -5.88. The van der Waals surface area contributed by atoms with E-state index in [4.69, 9.17) is 16.6 Å². The van der Waals surface area contributed by atoms with Crippen LogP contribution in [-0.2, 0) is 35.2 Å². The van der Waals surface area contributed by atoms with Crippen molar-refractivity contribution in [1.82, 2.24) is 21.3 Å². The number of rotatable bonds is 18. The van der Waals surface area contributed by atoms with E-state index in [0.717, 1.165) is 0 Å². The Balaban J connectivity index is 3.07. The average Bonchev–Trinajstić information content (AvgIpc) is 2.92. The van der Waals surface area contributed by atoms with Gasteiger partial charge in [0, 0.05) is 6.42 Å². The number of aromatic hydroxyl groups is 1. The molecule has 1 aromatic carbocycles. The number of carbonyl (C=O) groups is 6. The van der Waals surface area contributed by atoms with E-state index in [1.165, 1.54) is 36.0 Å². The fourth-order valence-electron chi connectivity index (χ4n) is 3.36. The summed E-state index contributed by atoms with van der Waals surface area (Å²) in [6, 6.07) is -1.53. The van der Waals surface area contributed by atoms with E-state index in [1.54, 1.807) is 6.26 Å². The molecule has 16 nitrogen and oxygen atoms in total. The number of aliphatic carboxylic acids is 1. The number of aliphatic hydroxyl groups excluding tert-OH is 2. The van der Waals surface area contributed by atoms with Crippen LogP contribution in [0.2, 0.25) is 0 Å². The third kappa shape index (κ3) is 12.4. The van der Waals surface area contributed by atoms with Gasteiger partial charge in [-0.2, -0.15) is 11.8 Å². The first-order valence-corrected chi connectivity index (χ1v) is 13.7. The zero-order valence-electron chi connectivity index (χ0n) is 22.2. The van der Waals surface area contributed by atoms with Crippen molar-refractivity contribution in [2.24, 2.45) is 11.5 Å². The second kappa shape index (κ2) is 17.7. The first kappa shape index (κ1) is 35.1. The minimum atomic E-state index is -1.64. The molecular formula is C24H36N6O10S. The van der Waals surface area contributed by atoms with Crippen molar-refractivity contribution in [3.63, 3.8) is 0 Å². The lowest BCUT2D eigenvalue weighted by molar-refractivity contribution is -0.143. The number of phenols is 1. The Morgan fingerprint density at radius 3 is 1.83 bits per heavy atom. The van der Waals surface area contributed by atoms with Crippen molar-refractivity contribution in [3.8, 4) is 5.75 Å². The Hall–Kier alpha value is -3.93. The number of nitrogens with two attached hydrogens (primary N) is 2.